The maximum absolute atomic E-state index is 12.6. The smallest absolute Gasteiger partial charge is 0.307 e. The molecule has 1 amide bonds. The number of nitrogens with one attached hydrogen (secondary N) is 1. The highest BCUT2D eigenvalue weighted by Gasteiger charge is 2.30. The van der Waals surface area contributed by atoms with Crippen LogP contribution in [0.1, 0.15) is 18.1 Å². The number of para-hydroxylation sites is 1. The van der Waals surface area contributed by atoms with Crippen LogP contribution in [-0.4, -0.2) is 21.5 Å². The van der Waals surface area contributed by atoms with E-state index in [2.05, 4.69) is 4.98 Å². The number of amides is 1. The molecule has 0 unspecified atom stereocenters. The molecule has 3 rings (SSSR count). The topological polar surface area (TPSA) is 75.2 Å². The summed E-state index contributed by atoms with van der Waals surface area (Å²) in [5, 5.41) is 0. The molecule has 0 saturated carbocycles. The number of fused-ring (bicyclic) bond motifs is 1. The van der Waals surface area contributed by atoms with Crippen LogP contribution in [0.15, 0.2) is 40.1 Å². The number of benzene rings is 1. The zero-order valence-electron chi connectivity index (χ0n) is 12.5. The van der Waals surface area contributed by atoms with E-state index in [9.17, 15) is 14.4 Å². The molecule has 1 aromatic carbocycles. The highest BCUT2D eigenvalue weighted by Crippen LogP contribution is 2.31. The fraction of sp³-hybridized carbons (Fsp3) is 0.312. The molecule has 6 nitrogen and oxygen atoms in total. The Kier molecular flexibility index (Phi) is 3.44. The second kappa shape index (κ2) is 5.29. The molecule has 2 aromatic rings. The molecule has 0 bridgehead atoms. The number of carbonyl (C=O) groups excluding carboxylic acids is 1. The lowest BCUT2D eigenvalue weighted by Gasteiger charge is -2.23. The van der Waals surface area contributed by atoms with Crippen molar-refractivity contribution in [3.05, 3.63) is 62.4 Å². The third-order valence-electron chi connectivity index (χ3n) is 3.97. The van der Waals surface area contributed by atoms with Gasteiger partial charge in [0.2, 0.25) is 5.91 Å². The first-order valence-electron chi connectivity index (χ1n) is 7.17. The van der Waals surface area contributed by atoms with Gasteiger partial charge in [-0.2, -0.15) is 0 Å². The predicted octanol–water partition coefficient (Wildman–Crippen LogP) is 0.823. The largest absolute Gasteiger partial charge is 0.328 e. The minimum absolute atomic E-state index is 0.0597. The summed E-state index contributed by atoms with van der Waals surface area (Å²) in [6.45, 7) is 3.50. The van der Waals surface area contributed by atoms with E-state index in [0.29, 0.717) is 5.56 Å². The summed E-state index contributed by atoms with van der Waals surface area (Å²) in [6.07, 6.45) is 2.23. The Bertz CT molecular complexity index is 850. The van der Waals surface area contributed by atoms with Crippen LogP contribution >= 0.6 is 0 Å². The Labute approximate surface area is 127 Å². The van der Waals surface area contributed by atoms with Crippen molar-refractivity contribution in [3.8, 4) is 0 Å². The highest BCUT2D eigenvalue weighted by molar-refractivity contribution is 5.96. The Balaban J connectivity index is 1.91. The maximum atomic E-state index is 12.6. The molecular weight excluding hydrogens is 282 g/mol. The number of aromatic nitrogens is 2. The van der Waals surface area contributed by atoms with Crippen LogP contribution in [0.4, 0.5) is 5.69 Å². The van der Waals surface area contributed by atoms with Gasteiger partial charge < -0.3 is 4.90 Å². The third kappa shape index (κ3) is 2.36. The summed E-state index contributed by atoms with van der Waals surface area (Å²) < 4.78 is 1.24. The highest BCUT2D eigenvalue weighted by atomic mass is 16.2. The summed E-state index contributed by atoms with van der Waals surface area (Å²) in [5.74, 6) is -0.161. The van der Waals surface area contributed by atoms with Gasteiger partial charge >= 0.3 is 5.69 Å². The van der Waals surface area contributed by atoms with Gasteiger partial charge in [0.05, 0.1) is 0 Å². The molecule has 1 N–H and O–H groups in total. The monoisotopic (exact) mass is 299 g/mol. The minimum Gasteiger partial charge on any atom is -0.307 e. The number of rotatable bonds is 2. The Hall–Kier alpha value is -2.63. The second-order valence-corrected chi connectivity index (χ2v) is 5.64. The van der Waals surface area contributed by atoms with Crippen LogP contribution in [0, 0.1) is 6.92 Å². The normalized spacial score (nSPS) is 16.6. The summed E-state index contributed by atoms with van der Waals surface area (Å²) in [6, 6.07) is 7.83. The molecule has 0 radical (unpaired) electrons. The van der Waals surface area contributed by atoms with E-state index >= 15 is 0 Å². The number of H-pyrrole nitrogens is 1. The number of aromatic amines is 1. The lowest BCUT2D eigenvalue weighted by atomic mass is 10.1. The fourth-order valence-corrected chi connectivity index (χ4v) is 2.90. The molecule has 22 heavy (non-hydrogen) atoms. The van der Waals surface area contributed by atoms with Gasteiger partial charge in [0, 0.05) is 23.5 Å². The van der Waals surface area contributed by atoms with Gasteiger partial charge in [-0.15, -0.1) is 0 Å². The molecule has 2 heterocycles. The van der Waals surface area contributed by atoms with Crippen LogP contribution in [0.25, 0.3) is 0 Å². The van der Waals surface area contributed by atoms with Gasteiger partial charge in [0.15, 0.2) is 0 Å². The number of hydrogen-bond acceptors (Lipinski definition) is 3. The first-order valence-corrected chi connectivity index (χ1v) is 7.17. The van der Waals surface area contributed by atoms with Gasteiger partial charge in [0.1, 0.15) is 6.54 Å². The van der Waals surface area contributed by atoms with Crippen LogP contribution in [-0.2, 0) is 17.8 Å². The molecule has 1 aromatic heterocycles. The van der Waals surface area contributed by atoms with E-state index in [-0.39, 0.29) is 18.5 Å². The van der Waals surface area contributed by atoms with Crippen molar-refractivity contribution < 1.29 is 4.79 Å². The molecule has 1 atom stereocenters. The number of hydrogen-bond donors (Lipinski definition) is 1. The van der Waals surface area contributed by atoms with E-state index in [1.54, 1.807) is 11.8 Å². The third-order valence-corrected chi connectivity index (χ3v) is 3.97. The van der Waals surface area contributed by atoms with Gasteiger partial charge in [-0.3, -0.25) is 19.1 Å². The first kappa shape index (κ1) is 14.3. The van der Waals surface area contributed by atoms with Crippen LogP contribution in [0.5, 0.6) is 0 Å². The van der Waals surface area contributed by atoms with Gasteiger partial charge in [-0.1, -0.05) is 18.2 Å². The number of anilines is 1. The Morgan fingerprint density at radius 1 is 1.32 bits per heavy atom. The van der Waals surface area contributed by atoms with Crippen molar-refractivity contribution >= 4 is 11.6 Å². The first-order chi connectivity index (χ1) is 10.5. The average Bonchev–Trinajstić information content (AvgIpc) is 2.80. The summed E-state index contributed by atoms with van der Waals surface area (Å²) >= 11 is 0. The maximum Gasteiger partial charge on any atom is 0.328 e. The second-order valence-electron chi connectivity index (χ2n) is 5.64. The number of nitrogens with zero attached hydrogens (tertiary/aromatic N) is 2. The molecule has 0 fully saturated rings. The zero-order valence-corrected chi connectivity index (χ0v) is 12.5. The quantitative estimate of drug-likeness (QED) is 0.892. The van der Waals surface area contributed by atoms with Gasteiger partial charge in [-0.05, 0) is 31.9 Å². The fourth-order valence-electron chi connectivity index (χ4n) is 2.90. The van der Waals surface area contributed by atoms with E-state index < -0.39 is 11.2 Å². The molecule has 0 saturated heterocycles. The average molecular weight is 299 g/mol. The van der Waals surface area contributed by atoms with Crippen LogP contribution in [0.3, 0.4) is 0 Å². The summed E-state index contributed by atoms with van der Waals surface area (Å²) in [7, 11) is 0. The van der Waals surface area contributed by atoms with E-state index in [0.717, 1.165) is 17.7 Å². The lowest BCUT2D eigenvalue weighted by Crippen LogP contribution is -2.41. The predicted molar refractivity (Wildman–Crippen MR) is 83.2 cm³/mol. The molecule has 0 spiro atoms. The number of aryl methyl sites for hydroxylation is 1. The lowest BCUT2D eigenvalue weighted by molar-refractivity contribution is -0.119. The van der Waals surface area contributed by atoms with Gasteiger partial charge in [-0.25, -0.2) is 4.79 Å². The summed E-state index contributed by atoms with van der Waals surface area (Å²) in [5.41, 5.74) is 1.45. The van der Waals surface area contributed by atoms with E-state index in [1.165, 1.54) is 10.8 Å². The van der Waals surface area contributed by atoms with Crippen molar-refractivity contribution in [2.75, 3.05) is 4.90 Å². The molecule has 0 aliphatic carbocycles. The standard InChI is InChI=1S/C16H17N3O3/c1-10-8-18(16(22)17-15(10)21)9-14(20)19-11(2)7-12-5-3-4-6-13(12)19/h3-6,8,11H,7,9H2,1-2H3,(H,17,21,22)/t11-/m1/s1. The Morgan fingerprint density at radius 3 is 2.82 bits per heavy atom. The van der Waals surface area contributed by atoms with Crippen molar-refractivity contribution in [2.24, 2.45) is 0 Å². The van der Waals surface area contributed by atoms with E-state index in [4.69, 9.17) is 0 Å². The van der Waals surface area contributed by atoms with Crippen LogP contribution < -0.4 is 16.1 Å². The zero-order chi connectivity index (χ0) is 15.9. The molecular formula is C16H17N3O3. The van der Waals surface area contributed by atoms with Crippen molar-refractivity contribution in [2.45, 2.75) is 32.9 Å². The van der Waals surface area contributed by atoms with Crippen molar-refractivity contribution in [3.63, 3.8) is 0 Å². The summed E-state index contributed by atoms with van der Waals surface area (Å²) in [4.78, 5) is 39.7. The van der Waals surface area contributed by atoms with Crippen molar-refractivity contribution in [1.82, 2.24) is 9.55 Å². The molecule has 1 aliphatic rings. The molecule has 6 heteroatoms. The van der Waals surface area contributed by atoms with Crippen LogP contribution in [0.2, 0.25) is 0 Å². The molecule has 114 valence electrons. The minimum atomic E-state index is -0.566. The SMILES string of the molecule is Cc1cn(CC(=O)N2c3ccccc3C[C@H]2C)c(=O)[nH]c1=O. The van der Waals surface area contributed by atoms with Gasteiger partial charge in [0.25, 0.3) is 5.56 Å². The Morgan fingerprint density at radius 2 is 2.05 bits per heavy atom. The number of carbonyl (C=O) groups is 1. The van der Waals surface area contributed by atoms with Crippen molar-refractivity contribution in [1.29, 1.82) is 0 Å². The molecule has 1 aliphatic heterocycles. The van der Waals surface area contributed by atoms with E-state index in [1.807, 2.05) is 31.2 Å².